The van der Waals surface area contributed by atoms with Crippen LogP contribution in [-0.4, -0.2) is 11.5 Å². The van der Waals surface area contributed by atoms with Crippen LogP contribution in [0, 0.1) is 0 Å². The first-order valence-corrected chi connectivity index (χ1v) is 7.42. The molecule has 1 unspecified atom stereocenters. The average Bonchev–Trinajstić information content (AvgIpc) is 2.98. The van der Waals surface area contributed by atoms with E-state index in [4.69, 9.17) is 0 Å². The molecule has 1 N–H and O–H groups in total. The Morgan fingerprint density at radius 2 is 2.11 bits per heavy atom. The van der Waals surface area contributed by atoms with Crippen molar-refractivity contribution in [1.82, 2.24) is 10.3 Å². The lowest BCUT2D eigenvalue weighted by Crippen LogP contribution is -2.21. The Balaban J connectivity index is 2.15. The van der Waals surface area contributed by atoms with Gasteiger partial charge in [-0.05, 0) is 39.9 Å². The molecule has 0 bridgehead atoms. The second-order valence-corrected chi connectivity index (χ2v) is 5.28. The highest BCUT2D eigenvalue weighted by atomic mass is 32.1. The second kappa shape index (κ2) is 5.51. The third-order valence-electron chi connectivity index (χ3n) is 3.29. The summed E-state index contributed by atoms with van der Waals surface area (Å²) in [5.74, 6) is 0. The highest BCUT2D eigenvalue weighted by molar-refractivity contribution is 7.08. The molecule has 0 amide bonds. The molecule has 0 radical (unpaired) electrons. The van der Waals surface area contributed by atoms with Gasteiger partial charge in [0.1, 0.15) is 0 Å². The lowest BCUT2D eigenvalue weighted by atomic mass is 9.97. The molecule has 2 heterocycles. The molecule has 0 fully saturated rings. The summed E-state index contributed by atoms with van der Waals surface area (Å²) in [4.78, 5) is 4.39. The van der Waals surface area contributed by atoms with Crippen molar-refractivity contribution >= 4 is 22.1 Å². The van der Waals surface area contributed by atoms with E-state index in [1.54, 1.807) is 11.3 Å². The largest absolute Gasteiger partial charge is 0.306 e. The van der Waals surface area contributed by atoms with Crippen LogP contribution in [0.1, 0.15) is 24.1 Å². The number of fused-ring (bicyclic) bond motifs is 1. The minimum Gasteiger partial charge on any atom is -0.306 e. The molecule has 0 saturated carbocycles. The van der Waals surface area contributed by atoms with Crippen LogP contribution in [0.4, 0.5) is 0 Å². The van der Waals surface area contributed by atoms with E-state index < -0.39 is 0 Å². The molecule has 2 nitrogen and oxygen atoms in total. The number of hydrogen-bond donors (Lipinski definition) is 1. The van der Waals surface area contributed by atoms with Gasteiger partial charge in [-0.25, -0.2) is 0 Å². The molecule has 0 aliphatic carbocycles. The first-order valence-electron chi connectivity index (χ1n) is 6.48. The van der Waals surface area contributed by atoms with Crippen LogP contribution in [0.3, 0.4) is 0 Å². The van der Waals surface area contributed by atoms with Gasteiger partial charge >= 0.3 is 0 Å². The zero-order valence-electron chi connectivity index (χ0n) is 10.8. The van der Waals surface area contributed by atoms with Gasteiger partial charge in [0, 0.05) is 17.8 Å². The molecule has 3 aromatic rings. The molecule has 3 heteroatoms. The summed E-state index contributed by atoms with van der Waals surface area (Å²) in [5, 5.41) is 10.4. The van der Waals surface area contributed by atoms with Crippen LogP contribution in [0.15, 0.2) is 53.5 Å². The van der Waals surface area contributed by atoms with Crippen LogP contribution in [0.5, 0.6) is 0 Å². The monoisotopic (exact) mass is 268 g/mol. The second-order valence-electron chi connectivity index (χ2n) is 4.50. The van der Waals surface area contributed by atoms with Gasteiger partial charge in [0.15, 0.2) is 0 Å². The van der Waals surface area contributed by atoms with Crippen LogP contribution in [-0.2, 0) is 0 Å². The first kappa shape index (κ1) is 12.3. The van der Waals surface area contributed by atoms with Gasteiger partial charge in [-0.1, -0.05) is 31.2 Å². The molecular formula is C16H16N2S. The van der Waals surface area contributed by atoms with E-state index in [0.29, 0.717) is 0 Å². The number of pyridine rings is 1. The molecule has 2 aromatic heterocycles. The standard InChI is InChI=1S/C16H16N2S/c1-2-18-16(13-7-8-19-11-13)15-10-17-9-12-5-3-4-6-14(12)15/h3-11,16,18H,2H2,1H3. The number of hydrogen-bond acceptors (Lipinski definition) is 3. The summed E-state index contributed by atoms with van der Waals surface area (Å²) in [6.07, 6.45) is 3.91. The SMILES string of the molecule is CCNC(c1ccsc1)c1cncc2ccccc12. The van der Waals surface area contributed by atoms with Gasteiger partial charge in [-0.2, -0.15) is 11.3 Å². The van der Waals surface area contributed by atoms with Crippen molar-refractivity contribution in [2.45, 2.75) is 13.0 Å². The van der Waals surface area contributed by atoms with Gasteiger partial charge in [0.05, 0.1) is 6.04 Å². The van der Waals surface area contributed by atoms with E-state index in [9.17, 15) is 0 Å². The van der Waals surface area contributed by atoms with E-state index in [1.165, 1.54) is 21.9 Å². The molecule has 0 aliphatic heterocycles. The maximum absolute atomic E-state index is 4.39. The van der Waals surface area contributed by atoms with Crippen LogP contribution >= 0.6 is 11.3 Å². The Hall–Kier alpha value is -1.71. The third kappa shape index (κ3) is 2.39. The Kier molecular flexibility index (Phi) is 3.58. The number of benzene rings is 1. The van der Waals surface area contributed by atoms with Crippen molar-refractivity contribution in [2.75, 3.05) is 6.54 Å². The Morgan fingerprint density at radius 3 is 2.89 bits per heavy atom. The van der Waals surface area contributed by atoms with Crippen molar-refractivity contribution in [3.63, 3.8) is 0 Å². The fourth-order valence-corrected chi connectivity index (χ4v) is 3.11. The smallest absolute Gasteiger partial charge is 0.0606 e. The lowest BCUT2D eigenvalue weighted by molar-refractivity contribution is 0.634. The van der Waals surface area contributed by atoms with Gasteiger partial charge in [-0.15, -0.1) is 0 Å². The van der Waals surface area contributed by atoms with E-state index in [0.717, 1.165) is 6.54 Å². The topological polar surface area (TPSA) is 24.9 Å². The number of aromatic nitrogens is 1. The molecule has 0 spiro atoms. The quantitative estimate of drug-likeness (QED) is 0.773. The summed E-state index contributed by atoms with van der Waals surface area (Å²) in [5.41, 5.74) is 2.56. The summed E-state index contributed by atoms with van der Waals surface area (Å²) in [7, 11) is 0. The van der Waals surface area contributed by atoms with Crippen LogP contribution in [0.25, 0.3) is 10.8 Å². The number of thiophene rings is 1. The molecule has 1 atom stereocenters. The Bertz CT molecular complexity index is 656. The van der Waals surface area contributed by atoms with E-state index >= 15 is 0 Å². The molecule has 0 aliphatic rings. The van der Waals surface area contributed by atoms with Crippen molar-refractivity contribution < 1.29 is 0 Å². The van der Waals surface area contributed by atoms with Crippen LogP contribution < -0.4 is 5.32 Å². The van der Waals surface area contributed by atoms with E-state index in [2.05, 4.69) is 58.3 Å². The van der Waals surface area contributed by atoms with Crippen LogP contribution in [0.2, 0.25) is 0 Å². The van der Waals surface area contributed by atoms with Crippen molar-refractivity contribution in [2.24, 2.45) is 0 Å². The first-order chi connectivity index (χ1) is 9.40. The number of rotatable bonds is 4. The lowest BCUT2D eigenvalue weighted by Gasteiger charge is -2.19. The highest BCUT2D eigenvalue weighted by Crippen LogP contribution is 2.29. The Morgan fingerprint density at radius 1 is 1.21 bits per heavy atom. The van der Waals surface area contributed by atoms with Gasteiger partial charge in [0.2, 0.25) is 0 Å². The minimum atomic E-state index is 0.217. The maximum atomic E-state index is 4.39. The fourth-order valence-electron chi connectivity index (χ4n) is 2.42. The Labute approximate surface area is 117 Å². The molecule has 3 rings (SSSR count). The third-order valence-corrected chi connectivity index (χ3v) is 4.00. The van der Waals surface area contributed by atoms with Crippen molar-refractivity contribution in [3.8, 4) is 0 Å². The molecule has 0 saturated heterocycles. The zero-order chi connectivity index (χ0) is 13.1. The normalized spacial score (nSPS) is 12.7. The van der Waals surface area contributed by atoms with Gasteiger partial charge in [0.25, 0.3) is 0 Å². The predicted octanol–water partition coefficient (Wildman–Crippen LogP) is 4.00. The highest BCUT2D eigenvalue weighted by Gasteiger charge is 2.16. The predicted molar refractivity (Wildman–Crippen MR) is 81.6 cm³/mol. The van der Waals surface area contributed by atoms with Crippen molar-refractivity contribution in [3.05, 3.63) is 64.6 Å². The molecule has 19 heavy (non-hydrogen) atoms. The number of nitrogens with zero attached hydrogens (tertiary/aromatic N) is 1. The number of nitrogens with one attached hydrogen (secondary N) is 1. The van der Waals surface area contributed by atoms with Gasteiger partial charge in [-0.3, -0.25) is 4.98 Å². The average molecular weight is 268 g/mol. The van der Waals surface area contributed by atoms with Gasteiger partial charge < -0.3 is 5.32 Å². The summed E-state index contributed by atoms with van der Waals surface area (Å²) >= 11 is 1.73. The minimum absolute atomic E-state index is 0.217. The van der Waals surface area contributed by atoms with E-state index in [1.807, 2.05) is 12.4 Å². The summed E-state index contributed by atoms with van der Waals surface area (Å²) in [6.45, 7) is 3.07. The zero-order valence-corrected chi connectivity index (χ0v) is 11.7. The summed E-state index contributed by atoms with van der Waals surface area (Å²) in [6, 6.07) is 10.8. The fraction of sp³-hybridized carbons (Fsp3) is 0.188. The maximum Gasteiger partial charge on any atom is 0.0606 e. The molecular weight excluding hydrogens is 252 g/mol. The molecule has 96 valence electrons. The van der Waals surface area contributed by atoms with Crippen molar-refractivity contribution in [1.29, 1.82) is 0 Å². The molecule has 1 aromatic carbocycles. The van der Waals surface area contributed by atoms with E-state index in [-0.39, 0.29) is 6.04 Å². The summed E-state index contributed by atoms with van der Waals surface area (Å²) < 4.78 is 0.